The van der Waals surface area contributed by atoms with Crippen LogP contribution in [0.25, 0.3) is 0 Å². The molecule has 116 valence electrons. The van der Waals surface area contributed by atoms with Gasteiger partial charge in [0.05, 0.1) is 11.7 Å². The lowest BCUT2D eigenvalue weighted by Gasteiger charge is -2.39. The van der Waals surface area contributed by atoms with E-state index in [2.05, 4.69) is 35.2 Å². The van der Waals surface area contributed by atoms with E-state index in [1.165, 1.54) is 57.3 Å². The Bertz CT molecular complexity index is 426. The van der Waals surface area contributed by atoms with E-state index in [1.807, 2.05) is 0 Å². The van der Waals surface area contributed by atoms with Crippen molar-refractivity contribution in [2.45, 2.75) is 50.2 Å². The second-order valence-electron chi connectivity index (χ2n) is 6.63. The molecule has 0 radical (unpaired) electrons. The van der Waals surface area contributed by atoms with Crippen LogP contribution in [0.2, 0.25) is 0 Å². The van der Waals surface area contributed by atoms with Gasteiger partial charge < -0.3 is 15.4 Å². The Morgan fingerprint density at radius 2 is 1.90 bits per heavy atom. The molecular formula is C18H28N2O. The third kappa shape index (κ3) is 3.85. The first-order chi connectivity index (χ1) is 10.3. The first-order valence-corrected chi connectivity index (χ1v) is 8.44. The Kier molecular flexibility index (Phi) is 4.94. The fraction of sp³-hybridized carbons (Fsp3) is 0.667. The standard InChI is InChI=1S/C18H28N2O/c19-15-17-8-9-18(21-17)10-13-20(14-11-18)12-4-7-16-5-2-1-3-6-16/h1-3,5-6,17H,4,7-15,19H2/t17-/m0/s1. The highest BCUT2D eigenvalue weighted by Crippen LogP contribution is 2.38. The lowest BCUT2D eigenvalue weighted by Crippen LogP contribution is -2.45. The van der Waals surface area contributed by atoms with E-state index < -0.39 is 0 Å². The molecule has 2 saturated heterocycles. The van der Waals surface area contributed by atoms with Crippen molar-refractivity contribution in [3.8, 4) is 0 Å². The number of nitrogens with two attached hydrogens (primary N) is 1. The molecule has 2 aliphatic heterocycles. The van der Waals surface area contributed by atoms with Crippen LogP contribution in [-0.4, -0.2) is 42.8 Å². The highest BCUT2D eigenvalue weighted by molar-refractivity contribution is 5.14. The van der Waals surface area contributed by atoms with Crippen LogP contribution in [0.1, 0.15) is 37.7 Å². The van der Waals surface area contributed by atoms with Gasteiger partial charge >= 0.3 is 0 Å². The Balaban J connectivity index is 1.38. The molecule has 1 aromatic carbocycles. The number of likely N-dealkylation sites (tertiary alicyclic amines) is 1. The largest absolute Gasteiger partial charge is 0.370 e. The average Bonchev–Trinajstić information content (AvgIpc) is 2.94. The molecule has 2 aliphatic rings. The molecule has 3 heteroatoms. The first kappa shape index (κ1) is 15.0. The van der Waals surface area contributed by atoms with Gasteiger partial charge in [-0.2, -0.15) is 0 Å². The lowest BCUT2D eigenvalue weighted by molar-refractivity contribution is -0.0739. The number of piperidine rings is 1. The number of ether oxygens (including phenoxy) is 1. The number of nitrogens with zero attached hydrogens (tertiary/aromatic N) is 1. The highest BCUT2D eigenvalue weighted by Gasteiger charge is 2.41. The summed E-state index contributed by atoms with van der Waals surface area (Å²) in [6.45, 7) is 4.27. The molecule has 0 amide bonds. The van der Waals surface area contributed by atoms with Gasteiger partial charge in [0.2, 0.25) is 0 Å². The molecular weight excluding hydrogens is 260 g/mol. The Morgan fingerprint density at radius 1 is 1.14 bits per heavy atom. The zero-order chi connectivity index (χ0) is 14.5. The van der Waals surface area contributed by atoms with Crippen LogP contribution >= 0.6 is 0 Å². The highest BCUT2D eigenvalue weighted by atomic mass is 16.5. The summed E-state index contributed by atoms with van der Waals surface area (Å²) in [4.78, 5) is 2.60. The summed E-state index contributed by atoms with van der Waals surface area (Å²) in [5, 5.41) is 0. The van der Waals surface area contributed by atoms with Gasteiger partial charge in [0.15, 0.2) is 0 Å². The van der Waals surface area contributed by atoms with Crippen LogP contribution in [0.3, 0.4) is 0 Å². The molecule has 3 rings (SSSR count). The maximum atomic E-state index is 6.21. The van der Waals surface area contributed by atoms with Gasteiger partial charge in [-0.25, -0.2) is 0 Å². The number of aryl methyl sites for hydroxylation is 1. The molecule has 0 aliphatic carbocycles. The predicted octanol–water partition coefficient (Wildman–Crippen LogP) is 2.59. The molecule has 1 spiro atoms. The Labute approximate surface area is 128 Å². The summed E-state index contributed by atoms with van der Waals surface area (Å²) in [5.41, 5.74) is 7.36. The van der Waals surface area contributed by atoms with Gasteiger partial charge in [-0.1, -0.05) is 30.3 Å². The normalized spacial score (nSPS) is 25.5. The zero-order valence-electron chi connectivity index (χ0n) is 13.0. The number of benzene rings is 1. The SMILES string of the molecule is NC[C@@H]1CCC2(CCN(CCCc3ccccc3)CC2)O1. The van der Waals surface area contributed by atoms with Crippen LogP contribution in [0.5, 0.6) is 0 Å². The van der Waals surface area contributed by atoms with Crippen molar-refractivity contribution in [1.82, 2.24) is 4.90 Å². The van der Waals surface area contributed by atoms with Crippen LogP contribution in [-0.2, 0) is 11.2 Å². The van der Waals surface area contributed by atoms with Crippen molar-refractivity contribution in [2.75, 3.05) is 26.2 Å². The van der Waals surface area contributed by atoms with Crippen molar-refractivity contribution >= 4 is 0 Å². The van der Waals surface area contributed by atoms with E-state index in [4.69, 9.17) is 10.5 Å². The number of hydrogen-bond donors (Lipinski definition) is 1. The minimum Gasteiger partial charge on any atom is -0.370 e. The van der Waals surface area contributed by atoms with Gasteiger partial charge in [-0.05, 0) is 50.6 Å². The fourth-order valence-corrected chi connectivity index (χ4v) is 3.76. The predicted molar refractivity (Wildman–Crippen MR) is 86.3 cm³/mol. The second-order valence-corrected chi connectivity index (χ2v) is 6.63. The van der Waals surface area contributed by atoms with Crippen LogP contribution in [0.15, 0.2) is 30.3 Å². The van der Waals surface area contributed by atoms with Crippen molar-refractivity contribution in [3.63, 3.8) is 0 Å². The molecule has 0 aromatic heterocycles. The molecule has 1 atom stereocenters. The van der Waals surface area contributed by atoms with E-state index >= 15 is 0 Å². The van der Waals surface area contributed by atoms with Crippen LogP contribution in [0.4, 0.5) is 0 Å². The number of hydrogen-bond acceptors (Lipinski definition) is 3. The van der Waals surface area contributed by atoms with Crippen molar-refractivity contribution in [3.05, 3.63) is 35.9 Å². The molecule has 2 fully saturated rings. The minimum absolute atomic E-state index is 0.167. The maximum Gasteiger partial charge on any atom is 0.0712 e. The summed E-state index contributed by atoms with van der Waals surface area (Å²) in [7, 11) is 0. The molecule has 2 N–H and O–H groups in total. The van der Waals surface area contributed by atoms with Crippen LogP contribution in [0, 0.1) is 0 Å². The Hall–Kier alpha value is -0.900. The van der Waals surface area contributed by atoms with Gasteiger partial charge in [0.1, 0.15) is 0 Å². The fourth-order valence-electron chi connectivity index (χ4n) is 3.76. The topological polar surface area (TPSA) is 38.5 Å². The maximum absolute atomic E-state index is 6.21. The van der Waals surface area contributed by atoms with Gasteiger partial charge in [0.25, 0.3) is 0 Å². The molecule has 0 unspecified atom stereocenters. The summed E-state index contributed by atoms with van der Waals surface area (Å²) >= 11 is 0. The summed E-state index contributed by atoms with van der Waals surface area (Å²) in [5.74, 6) is 0. The van der Waals surface area contributed by atoms with Crippen molar-refractivity contribution in [2.24, 2.45) is 5.73 Å². The van der Waals surface area contributed by atoms with Crippen LogP contribution < -0.4 is 5.73 Å². The van der Waals surface area contributed by atoms with E-state index in [0.717, 1.165) is 6.42 Å². The summed E-state index contributed by atoms with van der Waals surface area (Å²) in [6.07, 6.45) is 7.51. The minimum atomic E-state index is 0.167. The van der Waals surface area contributed by atoms with E-state index in [-0.39, 0.29) is 5.60 Å². The van der Waals surface area contributed by atoms with E-state index in [9.17, 15) is 0 Å². The second kappa shape index (κ2) is 6.91. The van der Waals surface area contributed by atoms with Crippen molar-refractivity contribution in [1.29, 1.82) is 0 Å². The van der Waals surface area contributed by atoms with Gasteiger partial charge in [-0.15, -0.1) is 0 Å². The lowest BCUT2D eigenvalue weighted by atomic mass is 9.88. The smallest absolute Gasteiger partial charge is 0.0712 e. The van der Waals surface area contributed by atoms with E-state index in [1.54, 1.807) is 0 Å². The Morgan fingerprint density at radius 3 is 2.57 bits per heavy atom. The summed E-state index contributed by atoms with van der Waals surface area (Å²) < 4.78 is 6.21. The van der Waals surface area contributed by atoms with Gasteiger partial charge in [0, 0.05) is 19.6 Å². The monoisotopic (exact) mass is 288 g/mol. The quantitative estimate of drug-likeness (QED) is 0.905. The molecule has 0 saturated carbocycles. The third-order valence-corrected chi connectivity index (χ3v) is 5.15. The molecule has 1 aromatic rings. The van der Waals surface area contributed by atoms with Crippen molar-refractivity contribution < 1.29 is 4.74 Å². The van der Waals surface area contributed by atoms with E-state index in [0.29, 0.717) is 12.6 Å². The first-order valence-electron chi connectivity index (χ1n) is 8.44. The van der Waals surface area contributed by atoms with Gasteiger partial charge in [-0.3, -0.25) is 0 Å². The average molecular weight is 288 g/mol. The molecule has 21 heavy (non-hydrogen) atoms. The molecule has 3 nitrogen and oxygen atoms in total. The zero-order valence-corrected chi connectivity index (χ0v) is 13.0. The number of rotatable bonds is 5. The third-order valence-electron chi connectivity index (χ3n) is 5.15. The summed E-state index contributed by atoms with van der Waals surface area (Å²) in [6, 6.07) is 10.8. The molecule has 0 bridgehead atoms. The molecule has 2 heterocycles.